The van der Waals surface area contributed by atoms with Crippen molar-refractivity contribution < 1.29 is 22.7 Å². The van der Waals surface area contributed by atoms with E-state index >= 15 is 0 Å². The van der Waals surface area contributed by atoms with E-state index < -0.39 is 15.9 Å². The first-order valence-corrected chi connectivity index (χ1v) is 12.6. The molecule has 1 aliphatic heterocycles. The van der Waals surface area contributed by atoms with Crippen LogP contribution in [0, 0.1) is 5.92 Å². The number of sulfonamides is 1. The fourth-order valence-electron chi connectivity index (χ4n) is 3.68. The first-order valence-electron chi connectivity index (χ1n) is 10.8. The van der Waals surface area contributed by atoms with Crippen molar-refractivity contribution in [2.24, 2.45) is 5.92 Å². The number of anilines is 1. The minimum atomic E-state index is -3.80. The van der Waals surface area contributed by atoms with Crippen LogP contribution in [0.2, 0.25) is 5.02 Å². The molecule has 1 N–H and O–H groups in total. The molecule has 3 rings (SSSR count). The minimum absolute atomic E-state index is 0.0531. The Kier molecular flexibility index (Phi) is 8.03. The van der Waals surface area contributed by atoms with Crippen molar-refractivity contribution in [3.8, 4) is 11.5 Å². The highest BCUT2D eigenvalue weighted by Crippen LogP contribution is 2.32. The molecule has 1 saturated heterocycles. The summed E-state index contributed by atoms with van der Waals surface area (Å²) in [5.74, 6) is 0.938. The molecule has 2 aromatic rings. The van der Waals surface area contributed by atoms with Gasteiger partial charge in [-0.05, 0) is 62.9 Å². The Labute approximate surface area is 194 Å². The zero-order valence-corrected chi connectivity index (χ0v) is 20.1. The summed E-state index contributed by atoms with van der Waals surface area (Å²) in [7, 11) is -3.80. The lowest BCUT2D eigenvalue weighted by molar-refractivity contribution is 0.102. The van der Waals surface area contributed by atoms with Crippen molar-refractivity contribution in [2.75, 3.05) is 31.6 Å². The number of piperidine rings is 1. The lowest BCUT2D eigenvalue weighted by atomic mass is 10.0. The Balaban J connectivity index is 1.85. The van der Waals surface area contributed by atoms with Crippen molar-refractivity contribution in [1.82, 2.24) is 4.31 Å². The Morgan fingerprint density at radius 1 is 1.12 bits per heavy atom. The molecule has 0 bridgehead atoms. The summed E-state index contributed by atoms with van der Waals surface area (Å²) in [4.78, 5) is 12.8. The summed E-state index contributed by atoms with van der Waals surface area (Å²) < 4.78 is 38.9. The van der Waals surface area contributed by atoms with Gasteiger partial charge in [0.1, 0.15) is 4.90 Å². The average molecular weight is 481 g/mol. The molecular formula is C23H29ClN2O5S. The van der Waals surface area contributed by atoms with Gasteiger partial charge < -0.3 is 14.8 Å². The molecule has 1 fully saturated rings. The minimum Gasteiger partial charge on any atom is -0.490 e. The molecular weight excluding hydrogens is 452 g/mol. The maximum absolute atomic E-state index is 13.2. The summed E-state index contributed by atoms with van der Waals surface area (Å²) in [6.07, 6.45) is 1.80. The van der Waals surface area contributed by atoms with Crippen LogP contribution < -0.4 is 14.8 Å². The van der Waals surface area contributed by atoms with Gasteiger partial charge in [0.2, 0.25) is 10.0 Å². The summed E-state index contributed by atoms with van der Waals surface area (Å²) in [5.41, 5.74) is 0.705. The van der Waals surface area contributed by atoms with E-state index in [0.717, 1.165) is 12.8 Å². The number of carbonyl (C=O) groups is 1. The van der Waals surface area contributed by atoms with E-state index in [9.17, 15) is 13.2 Å². The predicted molar refractivity (Wildman–Crippen MR) is 125 cm³/mol. The SMILES string of the molecule is CCOc1ccc(NC(=O)c2ccc(Cl)c(S(=O)(=O)N3CCCC(C)C3)c2)cc1OCC. The highest BCUT2D eigenvalue weighted by atomic mass is 35.5. The topological polar surface area (TPSA) is 84.9 Å². The molecule has 1 atom stereocenters. The van der Waals surface area contributed by atoms with E-state index in [2.05, 4.69) is 5.32 Å². The Bertz CT molecular complexity index is 1070. The number of nitrogens with zero attached hydrogens (tertiary/aromatic N) is 1. The summed E-state index contributed by atoms with van der Waals surface area (Å²) in [6, 6.07) is 9.39. The molecule has 174 valence electrons. The monoisotopic (exact) mass is 480 g/mol. The van der Waals surface area contributed by atoms with Crippen LogP contribution in [0.25, 0.3) is 0 Å². The summed E-state index contributed by atoms with van der Waals surface area (Å²) in [5, 5.41) is 2.88. The molecule has 0 aromatic heterocycles. The van der Waals surface area contributed by atoms with E-state index in [1.165, 1.54) is 22.5 Å². The maximum atomic E-state index is 13.2. The van der Waals surface area contributed by atoms with Gasteiger partial charge in [-0.3, -0.25) is 4.79 Å². The van der Waals surface area contributed by atoms with Crippen LogP contribution in [-0.2, 0) is 10.0 Å². The third kappa shape index (κ3) is 5.54. The molecule has 1 unspecified atom stereocenters. The van der Waals surface area contributed by atoms with Crippen molar-refractivity contribution in [1.29, 1.82) is 0 Å². The van der Waals surface area contributed by atoms with E-state index in [-0.39, 0.29) is 21.4 Å². The second-order valence-corrected chi connectivity index (χ2v) is 10.1. The van der Waals surface area contributed by atoms with Crippen LogP contribution in [0.4, 0.5) is 5.69 Å². The standard InChI is InChI=1S/C23H29ClN2O5S/c1-4-30-20-11-9-18(14-21(20)31-5-2)25-23(27)17-8-10-19(24)22(13-17)32(28,29)26-12-6-7-16(3)15-26/h8-11,13-14,16H,4-7,12,15H2,1-3H3,(H,25,27). The number of rotatable bonds is 8. The largest absolute Gasteiger partial charge is 0.490 e. The number of hydrogen-bond acceptors (Lipinski definition) is 5. The van der Waals surface area contributed by atoms with Crippen LogP contribution in [0.15, 0.2) is 41.3 Å². The summed E-state index contributed by atoms with van der Waals surface area (Å²) in [6.45, 7) is 7.60. The zero-order chi connectivity index (χ0) is 23.3. The molecule has 1 heterocycles. The average Bonchev–Trinajstić information content (AvgIpc) is 2.76. The van der Waals surface area contributed by atoms with Gasteiger partial charge in [0.25, 0.3) is 5.91 Å². The van der Waals surface area contributed by atoms with Crippen LogP contribution in [0.3, 0.4) is 0 Å². The Morgan fingerprint density at radius 3 is 2.53 bits per heavy atom. The molecule has 1 amide bonds. The fourth-order valence-corrected chi connectivity index (χ4v) is 5.78. The molecule has 7 nitrogen and oxygen atoms in total. The zero-order valence-electron chi connectivity index (χ0n) is 18.6. The summed E-state index contributed by atoms with van der Waals surface area (Å²) >= 11 is 6.24. The van der Waals surface area contributed by atoms with Crippen LogP contribution in [0.1, 0.15) is 44.0 Å². The van der Waals surface area contributed by atoms with Crippen molar-refractivity contribution in [3.63, 3.8) is 0 Å². The van der Waals surface area contributed by atoms with Crippen LogP contribution in [0.5, 0.6) is 11.5 Å². The Hall–Kier alpha value is -2.29. The van der Waals surface area contributed by atoms with E-state index in [0.29, 0.717) is 43.5 Å². The van der Waals surface area contributed by atoms with Gasteiger partial charge in [0.15, 0.2) is 11.5 Å². The van der Waals surface area contributed by atoms with Gasteiger partial charge in [0.05, 0.1) is 18.2 Å². The quantitative estimate of drug-likeness (QED) is 0.586. The van der Waals surface area contributed by atoms with E-state index in [4.69, 9.17) is 21.1 Å². The second kappa shape index (κ2) is 10.6. The van der Waals surface area contributed by atoms with Gasteiger partial charge in [-0.2, -0.15) is 4.31 Å². The van der Waals surface area contributed by atoms with Gasteiger partial charge in [-0.15, -0.1) is 0 Å². The lowest BCUT2D eigenvalue weighted by Gasteiger charge is -2.30. The number of carbonyl (C=O) groups excluding carboxylic acids is 1. The molecule has 1 aliphatic rings. The third-order valence-electron chi connectivity index (χ3n) is 5.23. The third-order valence-corrected chi connectivity index (χ3v) is 7.58. The number of benzene rings is 2. The number of halogens is 1. The van der Waals surface area contributed by atoms with Gasteiger partial charge in [-0.25, -0.2) is 8.42 Å². The second-order valence-electron chi connectivity index (χ2n) is 7.74. The molecule has 0 radical (unpaired) electrons. The van der Waals surface area contributed by atoms with Crippen molar-refractivity contribution in [2.45, 2.75) is 38.5 Å². The predicted octanol–water partition coefficient (Wildman–Crippen LogP) is 4.81. The van der Waals surface area contributed by atoms with Gasteiger partial charge in [-0.1, -0.05) is 18.5 Å². The molecule has 9 heteroatoms. The lowest BCUT2D eigenvalue weighted by Crippen LogP contribution is -2.39. The molecule has 0 aliphatic carbocycles. The van der Waals surface area contributed by atoms with Gasteiger partial charge in [0, 0.05) is 30.4 Å². The first kappa shape index (κ1) is 24.4. The van der Waals surface area contributed by atoms with Crippen molar-refractivity contribution >= 4 is 33.2 Å². The number of nitrogens with one attached hydrogen (secondary N) is 1. The van der Waals surface area contributed by atoms with Crippen LogP contribution >= 0.6 is 11.6 Å². The molecule has 0 spiro atoms. The number of amides is 1. The van der Waals surface area contributed by atoms with Crippen LogP contribution in [-0.4, -0.2) is 44.9 Å². The molecule has 32 heavy (non-hydrogen) atoms. The first-order chi connectivity index (χ1) is 15.3. The number of hydrogen-bond donors (Lipinski definition) is 1. The number of ether oxygens (including phenoxy) is 2. The van der Waals surface area contributed by atoms with Gasteiger partial charge >= 0.3 is 0 Å². The van der Waals surface area contributed by atoms with Crippen molar-refractivity contribution in [3.05, 3.63) is 47.0 Å². The highest BCUT2D eigenvalue weighted by molar-refractivity contribution is 7.89. The Morgan fingerprint density at radius 2 is 1.84 bits per heavy atom. The molecule has 0 saturated carbocycles. The maximum Gasteiger partial charge on any atom is 0.255 e. The van der Waals surface area contributed by atoms with E-state index in [1.807, 2.05) is 20.8 Å². The smallest absolute Gasteiger partial charge is 0.255 e. The molecule has 2 aromatic carbocycles. The van der Waals surface area contributed by atoms with E-state index in [1.54, 1.807) is 18.2 Å². The normalized spacial score (nSPS) is 17.1. The highest BCUT2D eigenvalue weighted by Gasteiger charge is 2.31. The fraction of sp³-hybridized carbons (Fsp3) is 0.435.